The highest BCUT2D eigenvalue weighted by Crippen LogP contribution is 2.44. The van der Waals surface area contributed by atoms with Crippen molar-refractivity contribution in [2.24, 2.45) is 5.41 Å². The molecule has 2 fully saturated rings. The number of imide groups is 1. The van der Waals surface area contributed by atoms with Gasteiger partial charge in [0, 0.05) is 6.04 Å². The molecule has 1 aliphatic heterocycles. The Labute approximate surface area is 160 Å². The first-order chi connectivity index (χ1) is 13.1. The first-order valence-corrected chi connectivity index (χ1v) is 9.75. The normalized spacial score (nSPS) is 23.3. The summed E-state index contributed by atoms with van der Waals surface area (Å²) in [6.45, 7) is 7.53. The van der Waals surface area contributed by atoms with E-state index in [0.29, 0.717) is 5.56 Å². The smallest absolute Gasteiger partial charge is 0.244 e. The fourth-order valence-corrected chi connectivity index (χ4v) is 4.54. The van der Waals surface area contributed by atoms with Gasteiger partial charge in [-0.2, -0.15) is 0 Å². The molecule has 0 radical (unpaired) electrons. The molecule has 3 rings (SSSR count). The molecule has 2 amide bonds. The lowest BCUT2D eigenvalue weighted by Crippen LogP contribution is -2.62. The highest BCUT2D eigenvalue weighted by molar-refractivity contribution is 6.25. The van der Waals surface area contributed by atoms with E-state index in [9.17, 15) is 14.4 Å². The predicted octanol–water partition coefficient (Wildman–Crippen LogP) is 4.18. The molecule has 1 aromatic carbocycles. The van der Waals surface area contributed by atoms with Crippen molar-refractivity contribution in [3.63, 3.8) is 0 Å². The van der Waals surface area contributed by atoms with Gasteiger partial charge in [0.15, 0.2) is 5.78 Å². The Morgan fingerprint density at radius 2 is 1.56 bits per heavy atom. The van der Waals surface area contributed by atoms with Crippen molar-refractivity contribution < 1.29 is 14.4 Å². The second-order valence-corrected chi connectivity index (χ2v) is 7.58. The first kappa shape index (κ1) is 19.3. The summed E-state index contributed by atoms with van der Waals surface area (Å²) in [5, 5.41) is 0. The third-order valence-electron chi connectivity index (χ3n) is 5.90. The average molecular weight is 365 g/mol. The number of piperidine rings is 1. The number of ketones is 1. The van der Waals surface area contributed by atoms with Crippen molar-refractivity contribution in [3.05, 3.63) is 61.2 Å². The lowest BCUT2D eigenvalue weighted by Gasteiger charge is -2.45. The highest BCUT2D eigenvalue weighted by atomic mass is 16.2. The lowest BCUT2D eigenvalue weighted by atomic mass is 9.66. The van der Waals surface area contributed by atoms with E-state index in [-0.39, 0.29) is 36.5 Å². The van der Waals surface area contributed by atoms with E-state index in [1.807, 2.05) is 18.2 Å². The van der Waals surface area contributed by atoms with Crippen LogP contribution in [0.25, 0.3) is 0 Å². The van der Waals surface area contributed by atoms with Crippen LogP contribution in [0.2, 0.25) is 0 Å². The van der Waals surface area contributed by atoms with Crippen molar-refractivity contribution in [1.82, 2.24) is 4.90 Å². The Morgan fingerprint density at radius 1 is 0.963 bits per heavy atom. The van der Waals surface area contributed by atoms with Crippen molar-refractivity contribution in [3.8, 4) is 0 Å². The summed E-state index contributed by atoms with van der Waals surface area (Å²) in [4.78, 5) is 41.8. The third kappa shape index (κ3) is 3.29. The molecule has 0 N–H and O–H groups in total. The molecular weight excluding hydrogens is 338 g/mol. The van der Waals surface area contributed by atoms with Crippen LogP contribution in [-0.4, -0.2) is 28.5 Å². The van der Waals surface area contributed by atoms with Gasteiger partial charge in [-0.05, 0) is 31.2 Å². The zero-order valence-corrected chi connectivity index (χ0v) is 15.7. The lowest BCUT2D eigenvalue weighted by molar-refractivity contribution is -0.167. The molecule has 4 heteroatoms. The number of nitrogens with zero attached hydrogens (tertiary/aromatic N) is 1. The number of rotatable bonds is 6. The minimum Gasteiger partial charge on any atom is -0.297 e. The number of likely N-dealkylation sites (tertiary alicyclic amines) is 1. The standard InChI is InChI=1S/C23H27NO3/c1-3-15-23(16-4-2)20(25)19(17-11-7-5-8-12-17)21(26)24(22(23)27)18-13-9-6-10-14-18/h3-5,7-8,11-12,18-19H,1-2,6,9-10,13-16H2. The van der Waals surface area contributed by atoms with E-state index in [2.05, 4.69) is 13.2 Å². The Morgan fingerprint density at radius 3 is 2.11 bits per heavy atom. The number of carbonyl (C=O) groups excluding carboxylic acids is 3. The molecule has 0 bridgehead atoms. The summed E-state index contributed by atoms with van der Waals surface area (Å²) in [6.07, 6.45) is 8.40. The van der Waals surface area contributed by atoms with Gasteiger partial charge < -0.3 is 0 Å². The van der Waals surface area contributed by atoms with Gasteiger partial charge in [0.2, 0.25) is 11.8 Å². The van der Waals surface area contributed by atoms with Crippen LogP contribution in [-0.2, 0) is 14.4 Å². The topological polar surface area (TPSA) is 54.5 Å². The number of allylic oxidation sites excluding steroid dienone is 2. The second-order valence-electron chi connectivity index (χ2n) is 7.58. The maximum absolute atomic E-state index is 13.5. The number of hydrogen-bond donors (Lipinski definition) is 0. The van der Waals surface area contributed by atoms with Gasteiger partial charge in [0.1, 0.15) is 11.3 Å². The molecule has 27 heavy (non-hydrogen) atoms. The molecule has 4 nitrogen and oxygen atoms in total. The molecule has 1 saturated carbocycles. The average Bonchev–Trinajstić information content (AvgIpc) is 2.68. The van der Waals surface area contributed by atoms with E-state index < -0.39 is 11.3 Å². The van der Waals surface area contributed by atoms with Gasteiger partial charge in [-0.1, -0.05) is 61.7 Å². The summed E-state index contributed by atoms with van der Waals surface area (Å²) in [6, 6.07) is 8.96. The van der Waals surface area contributed by atoms with E-state index in [4.69, 9.17) is 0 Å². The molecule has 1 unspecified atom stereocenters. The highest BCUT2D eigenvalue weighted by Gasteiger charge is 2.58. The maximum atomic E-state index is 13.5. The Balaban J connectivity index is 2.12. The molecular formula is C23H27NO3. The van der Waals surface area contributed by atoms with Crippen molar-refractivity contribution >= 4 is 17.6 Å². The monoisotopic (exact) mass is 365 g/mol. The number of hydrogen-bond acceptors (Lipinski definition) is 3. The Hall–Kier alpha value is -2.49. The molecule has 1 atom stereocenters. The summed E-state index contributed by atoms with van der Waals surface area (Å²) in [5.41, 5.74) is -0.631. The van der Waals surface area contributed by atoms with Crippen LogP contribution in [0.15, 0.2) is 55.6 Å². The van der Waals surface area contributed by atoms with Crippen molar-refractivity contribution in [1.29, 1.82) is 0 Å². The van der Waals surface area contributed by atoms with Crippen molar-refractivity contribution in [2.45, 2.75) is 56.9 Å². The Bertz CT molecular complexity index is 736. The minimum absolute atomic E-state index is 0.118. The predicted molar refractivity (Wildman–Crippen MR) is 105 cm³/mol. The molecule has 1 aromatic rings. The van der Waals surface area contributed by atoms with Gasteiger partial charge in [-0.3, -0.25) is 19.3 Å². The van der Waals surface area contributed by atoms with Crippen LogP contribution >= 0.6 is 0 Å². The van der Waals surface area contributed by atoms with Crippen LogP contribution < -0.4 is 0 Å². The van der Waals surface area contributed by atoms with Gasteiger partial charge >= 0.3 is 0 Å². The number of carbonyl (C=O) groups is 3. The van der Waals surface area contributed by atoms with Gasteiger partial charge in [0.05, 0.1) is 0 Å². The van der Waals surface area contributed by atoms with Crippen LogP contribution in [0.3, 0.4) is 0 Å². The molecule has 1 aliphatic carbocycles. The number of benzene rings is 1. The third-order valence-corrected chi connectivity index (χ3v) is 5.90. The molecule has 0 spiro atoms. The van der Waals surface area contributed by atoms with Gasteiger partial charge in [0.25, 0.3) is 0 Å². The van der Waals surface area contributed by atoms with Gasteiger partial charge in [-0.25, -0.2) is 0 Å². The minimum atomic E-state index is -1.28. The largest absolute Gasteiger partial charge is 0.297 e. The van der Waals surface area contributed by atoms with Crippen LogP contribution in [0.1, 0.15) is 56.4 Å². The van der Waals surface area contributed by atoms with E-state index >= 15 is 0 Å². The van der Waals surface area contributed by atoms with E-state index in [1.165, 1.54) is 4.90 Å². The summed E-state index contributed by atoms with van der Waals surface area (Å²) < 4.78 is 0. The van der Waals surface area contributed by atoms with Crippen LogP contribution in [0.5, 0.6) is 0 Å². The zero-order valence-electron chi connectivity index (χ0n) is 15.7. The second kappa shape index (κ2) is 8.03. The summed E-state index contributed by atoms with van der Waals surface area (Å²) >= 11 is 0. The maximum Gasteiger partial charge on any atom is 0.244 e. The quantitative estimate of drug-likeness (QED) is 0.432. The molecule has 1 heterocycles. The van der Waals surface area contributed by atoms with Crippen LogP contribution in [0, 0.1) is 5.41 Å². The molecule has 0 aromatic heterocycles. The molecule has 1 saturated heterocycles. The van der Waals surface area contributed by atoms with Gasteiger partial charge in [-0.15, -0.1) is 13.2 Å². The summed E-state index contributed by atoms with van der Waals surface area (Å²) in [7, 11) is 0. The first-order valence-electron chi connectivity index (χ1n) is 9.75. The fourth-order valence-electron chi connectivity index (χ4n) is 4.54. The van der Waals surface area contributed by atoms with Crippen molar-refractivity contribution in [2.75, 3.05) is 0 Å². The number of amides is 2. The summed E-state index contributed by atoms with van der Waals surface area (Å²) in [5.74, 6) is -2.00. The SMILES string of the molecule is C=CCC1(CC=C)C(=O)C(c2ccccc2)C(=O)N(C2CCCCC2)C1=O. The zero-order chi connectivity index (χ0) is 19.4. The fraction of sp³-hybridized carbons (Fsp3) is 0.435. The number of Topliss-reactive ketones (excluding diaryl/α,β-unsaturated/α-hetero) is 1. The van der Waals surface area contributed by atoms with E-state index in [0.717, 1.165) is 32.1 Å². The molecule has 142 valence electrons. The Kier molecular flexibility index (Phi) is 5.73. The molecule has 2 aliphatic rings. The van der Waals surface area contributed by atoms with Crippen LogP contribution in [0.4, 0.5) is 0 Å². The van der Waals surface area contributed by atoms with E-state index in [1.54, 1.807) is 24.3 Å².